The fraction of sp³-hybridized carbons (Fsp3) is 0.316. The van der Waals surface area contributed by atoms with Gasteiger partial charge in [-0.3, -0.25) is 9.88 Å². The Morgan fingerprint density at radius 2 is 2.04 bits per heavy atom. The number of aromatic nitrogens is 2. The molecule has 0 saturated carbocycles. The summed E-state index contributed by atoms with van der Waals surface area (Å²) in [5.41, 5.74) is 3.92. The molecule has 1 unspecified atom stereocenters. The minimum Gasteiger partial charge on any atom is -0.370 e. The minimum absolute atomic E-state index is 0.186. The van der Waals surface area contributed by atoms with Crippen LogP contribution in [0.1, 0.15) is 16.8 Å². The molecule has 0 amide bonds. The predicted octanol–water partition coefficient (Wildman–Crippen LogP) is 3.55. The lowest BCUT2D eigenvalue weighted by Gasteiger charge is -2.24. The van der Waals surface area contributed by atoms with Gasteiger partial charge in [0.15, 0.2) is 0 Å². The summed E-state index contributed by atoms with van der Waals surface area (Å²) in [4.78, 5) is 6.55. The van der Waals surface area contributed by atoms with E-state index in [0.717, 1.165) is 26.2 Å². The van der Waals surface area contributed by atoms with Crippen molar-refractivity contribution >= 4 is 11.3 Å². The third-order valence-corrected chi connectivity index (χ3v) is 5.12. The molecule has 0 aliphatic carbocycles. The van der Waals surface area contributed by atoms with E-state index >= 15 is 0 Å². The summed E-state index contributed by atoms with van der Waals surface area (Å²) in [6.45, 7) is 4.44. The summed E-state index contributed by atoms with van der Waals surface area (Å²) in [7, 11) is 0. The highest BCUT2D eigenvalue weighted by molar-refractivity contribution is 7.07. The molecule has 124 valence electrons. The van der Waals surface area contributed by atoms with Crippen molar-refractivity contribution in [3.8, 4) is 0 Å². The Bertz CT molecular complexity index is 754. The van der Waals surface area contributed by atoms with Gasteiger partial charge in [-0.2, -0.15) is 11.3 Å². The van der Waals surface area contributed by atoms with E-state index in [1.54, 1.807) is 11.3 Å². The molecule has 4 rings (SSSR count). The van der Waals surface area contributed by atoms with Crippen LogP contribution in [0, 0.1) is 0 Å². The van der Waals surface area contributed by atoms with E-state index in [1.807, 2.05) is 24.5 Å². The number of nitrogens with zero attached hydrogens (tertiary/aromatic N) is 3. The zero-order chi connectivity index (χ0) is 16.2. The van der Waals surface area contributed by atoms with Crippen LogP contribution >= 0.6 is 11.3 Å². The van der Waals surface area contributed by atoms with Gasteiger partial charge in [0.1, 0.15) is 0 Å². The molecule has 0 spiro atoms. The molecule has 1 aliphatic heterocycles. The van der Waals surface area contributed by atoms with E-state index in [9.17, 15) is 0 Å². The second kappa shape index (κ2) is 7.30. The second-order valence-corrected chi connectivity index (χ2v) is 7.02. The average Bonchev–Trinajstić information content (AvgIpc) is 3.23. The maximum absolute atomic E-state index is 6.24. The van der Waals surface area contributed by atoms with Crippen LogP contribution < -0.4 is 0 Å². The molecule has 0 radical (unpaired) electrons. The summed E-state index contributed by atoms with van der Waals surface area (Å²) in [6, 6.07) is 10.6. The van der Waals surface area contributed by atoms with Crippen molar-refractivity contribution in [1.29, 1.82) is 0 Å². The Balaban J connectivity index is 1.46. The summed E-state index contributed by atoms with van der Waals surface area (Å²) in [5.74, 6) is 0. The van der Waals surface area contributed by atoms with Gasteiger partial charge in [-0.15, -0.1) is 0 Å². The fourth-order valence-electron chi connectivity index (χ4n) is 3.19. The lowest BCUT2D eigenvalue weighted by atomic mass is 10.2. The molecule has 1 aliphatic rings. The van der Waals surface area contributed by atoms with Gasteiger partial charge in [0.25, 0.3) is 0 Å². The normalized spacial score (nSPS) is 18.2. The first-order valence-corrected chi connectivity index (χ1v) is 9.19. The van der Waals surface area contributed by atoms with Gasteiger partial charge in [-0.25, -0.2) is 0 Å². The van der Waals surface area contributed by atoms with Crippen molar-refractivity contribution in [2.45, 2.75) is 32.3 Å². The molecule has 4 heterocycles. The molecule has 4 nitrogen and oxygen atoms in total. The highest BCUT2D eigenvalue weighted by Crippen LogP contribution is 2.19. The van der Waals surface area contributed by atoms with Crippen LogP contribution in [0.5, 0.6) is 0 Å². The number of hydrogen-bond acceptors (Lipinski definition) is 4. The first-order chi connectivity index (χ1) is 11.9. The first kappa shape index (κ1) is 15.6. The number of rotatable bonds is 5. The smallest absolute Gasteiger partial charge is 0.0885 e. The van der Waals surface area contributed by atoms with E-state index in [-0.39, 0.29) is 6.10 Å². The van der Waals surface area contributed by atoms with Crippen LogP contribution in [0.2, 0.25) is 0 Å². The number of hydrogen-bond donors (Lipinski definition) is 0. The van der Waals surface area contributed by atoms with Crippen LogP contribution in [-0.4, -0.2) is 27.1 Å². The molecule has 24 heavy (non-hydrogen) atoms. The second-order valence-electron chi connectivity index (χ2n) is 6.24. The third-order valence-electron chi connectivity index (χ3n) is 4.39. The van der Waals surface area contributed by atoms with E-state index in [2.05, 4.69) is 49.6 Å². The Morgan fingerprint density at radius 1 is 1.12 bits per heavy atom. The van der Waals surface area contributed by atoms with Crippen LogP contribution in [0.15, 0.2) is 59.7 Å². The lowest BCUT2D eigenvalue weighted by Crippen LogP contribution is -2.32. The molecule has 0 saturated heterocycles. The largest absolute Gasteiger partial charge is 0.370 e. The number of pyridine rings is 1. The molecule has 0 N–H and O–H groups in total. The summed E-state index contributed by atoms with van der Waals surface area (Å²) in [6.07, 6.45) is 5.98. The quantitative estimate of drug-likeness (QED) is 0.712. The molecular weight excluding hydrogens is 318 g/mol. The molecule has 5 heteroatoms. The van der Waals surface area contributed by atoms with Crippen molar-refractivity contribution in [1.82, 2.24) is 14.5 Å². The van der Waals surface area contributed by atoms with Crippen molar-refractivity contribution < 1.29 is 4.74 Å². The van der Waals surface area contributed by atoms with Gasteiger partial charge in [0.05, 0.1) is 12.7 Å². The van der Waals surface area contributed by atoms with E-state index < -0.39 is 0 Å². The Hall–Kier alpha value is -1.95. The minimum atomic E-state index is 0.186. The van der Waals surface area contributed by atoms with Crippen molar-refractivity contribution in [2.24, 2.45) is 0 Å². The lowest BCUT2D eigenvalue weighted by molar-refractivity contribution is 0.00868. The van der Waals surface area contributed by atoms with Gasteiger partial charge >= 0.3 is 0 Å². The van der Waals surface area contributed by atoms with Crippen molar-refractivity contribution in [3.05, 3.63) is 76.5 Å². The monoisotopic (exact) mass is 339 g/mol. The number of thiophene rings is 1. The number of fused-ring (bicyclic) bond motifs is 1. The van der Waals surface area contributed by atoms with Gasteiger partial charge in [-0.05, 0) is 52.2 Å². The summed E-state index contributed by atoms with van der Waals surface area (Å²) in [5, 5.41) is 4.38. The summed E-state index contributed by atoms with van der Waals surface area (Å²) >= 11 is 1.76. The zero-order valence-electron chi connectivity index (χ0n) is 13.5. The van der Waals surface area contributed by atoms with Crippen molar-refractivity contribution in [3.63, 3.8) is 0 Å². The van der Waals surface area contributed by atoms with Crippen LogP contribution in [0.3, 0.4) is 0 Å². The molecule has 3 aromatic heterocycles. The summed E-state index contributed by atoms with van der Waals surface area (Å²) < 4.78 is 8.56. The molecular formula is C19H21N3OS. The van der Waals surface area contributed by atoms with Gasteiger partial charge in [0.2, 0.25) is 0 Å². The zero-order valence-corrected chi connectivity index (χ0v) is 14.4. The highest BCUT2D eigenvalue weighted by Gasteiger charge is 2.22. The van der Waals surface area contributed by atoms with E-state index in [0.29, 0.717) is 6.61 Å². The number of ether oxygens (including phenoxy) is 1. The Morgan fingerprint density at radius 3 is 2.88 bits per heavy atom. The molecule has 0 aromatic carbocycles. The van der Waals surface area contributed by atoms with E-state index in [1.165, 1.54) is 16.8 Å². The SMILES string of the molecule is c1cc2n(c1)CC(OCc1ccncc1)CN(Cc1ccsc1)C2. The van der Waals surface area contributed by atoms with Gasteiger partial charge < -0.3 is 9.30 Å². The maximum atomic E-state index is 6.24. The first-order valence-electron chi connectivity index (χ1n) is 8.25. The van der Waals surface area contributed by atoms with Crippen molar-refractivity contribution in [2.75, 3.05) is 6.54 Å². The van der Waals surface area contributed by atoms with E-state index in [4.69, 9.17) is 4.74 Å². The molecule has 0 bridgehead atoms. The molecule has 0 fully saturated rings. The predicted molar refractivity (Wildman–Crippen MR) is 95.7 cm³/mol. The van der Waals surface area contributed by atoms with Gasteiger partial charge in [-0.1, -0.05) is 0 Å². The van der Waals surface area contributed by atoms with Crippen LogP contribution in [-0.2, 0) is 31.0 Å². The molecule has 3 aromatic rings. The Labute approximate surface area is 146 Å². The van der Waals surface area contributed by atoms with Crippen LogP contribution in [0.4, 0.5) is 0 Å². The third kappa shape index (κ3) is 3.75. The Kier molecular flexibility index (Phi) is 4.74. The topological polar surface area (TPSA) is 30.3 Å². The fourth-order valence-corrected chi connectivity index (χ4v) is 3.85. The highest BCUT2D eigenvalue weighted by atomic mass is 32.1. The molecule has 1 atom stereocenters. The standard InChI is InChI=1S/C19H21N3OS/c1-2-18-11-21(10-17-5-9-24-15-17)12-19(13-22(18)8-1)23-14-16-3-6-20-7-4-16/h1-9,15,19H,10-14H2. The van der Waals surface area contributed by atoms with Gasteiger partial charge in [0, 0.05) is 50.5 Å². The average molecular weight is 339 g/mol. The maximum Gasteiger partial charge on any atom is 0.0885 e. The van der Waals surface area contributed by atoms with Crippen LogP contribution in [0.25, 0.3) is 0 Å².